The molecule has 1 aliphatic heterocycles. The molecular weight excluding hydrogens is 416 g/mol. The van der Waals surface area contributed by atoms with Crippen molar-refractivity contribution in [1.29, 1.82) is 0 Å². The number of hydrogen-bond donors (Lipinski definition) is 2. The summed E-state index contributed by atoms with van der Waals surface area (Å²) in [4.78, 5) is 26.6. The molecular formula is C23H23F2N5O2. The number of carbonyl (C=O) groups is 2. The first-order chi connectivity index (χ1) is 15.2. The second kappa shape index (κ2) is 8.41. The number of anilines is 3. The highest BCUT2D eigenvalue weighted by molar-refractivity contribution is 6.08. The lowest BCUT2D eigenvalue weighted by molar-refractivity contribution is -0.124. The maximum atomic E-state index is 14.7. The summed E-state index contributed by atoms with van der Waals surface area (Å²) in [5, 5.41) is 10.0. The Balaban J connectivity index is 1.65. The average Bonchev–Trinajstić information content (AvgIpc) is 3.00. The highest BCUT2D eigenvalue weighted by atomic mass is 19.1. The van der Waals surface area contributed by atoms with E-state index in [1.807, 2.05) is 0 Å². The van der Waals surface area contributed by atoms with Crippen molar-refractivity contribution in [3.63, 3.8) is 0 Å². The molecule has 0 bridgehead atoms. The van der Waals surface area contributed by atoms with E-state index in [0.29, 0.717) is 17.2 Å². The van der Waals surface area contributed by atoms with E-state index in [9.17, 15) is 18.4 Å². The fourth-order valence-electron chi connectivity index (χ4n) is 3.53. The summed E-state index contributed by atoms with van der Waals surface area (Å²) in [5.41, 5.74) is 2.05. The second-order valence-corrected chi connectivity index (χ2v) is 8.00. The van der Waals surface area contributed by atoms with Gasteiger partial charge in [-0.25, -0.2) is 8.78 Å². The van der Waals surface area contributed by atoms with E-state index >= 15 is 0 Å². The smallest absolute Gasteiger partial charge is 0.258 e. The van der Waals surface area contributed by atoms with Crippen molar-refractivity contribution < 1.29 is 18.4 Å². The van der Waals surface area contributed by atoms with Gasteiger partial charge < -0.3 is 15.5 Å². The standard InChI is InChI=1S/C23H23F2N5O2/c1-13(2)22(31)26-10-15-5-4-14(8-18(15)25)23(32)30-12-16-11-27-29(3)21(16)28-19-9-17(24)6-7-20(19)30/h4-9,11,13,28H,10,12H2,1-3H3,(H,26,31). The van der Waals surface area contributed by atoms with E-state index in [4.69, 9.17) is 0 Å². The van der Waals surface area contributed by atoms with Gasteiger partial charge in [0.25, 0.3) is 5.91 Å². The van der Waals surface area contributed by atoms with Gasteiger partial charge in [0, 0.05) is 36.2 Å². The number of fused-ring (bicyclic) bond motifs is 2. The van der Waals surface area contributed by atoms with E-state index < -0.39 is 17.5 Å². The van der Waals surface area contributed by atoms with Crippen molar-refractivity contribution in [3.05, 3.63) is 70.9 Å². The van der Waals surface area contributed by atoms with Gasteiger partial charge in [-0.15, -0.1) is 0 Å². The van der Waals surface area contributed by atoms with Crippen LogP contribution >= 0.6 is 0 Å². The second-order valence-electron chi connectivity index (χ2n) is 8.00. The number of amides is 2. The van der Waals surface area contributed by atoms with Crippen molar-refractivity contribution in [2.45, 2.75) is 26.9 Å². The van der Waals surface area contributed by atoms with Gasteiger partial charge in [0.2, 0.25) is 5.91 Å². The van der Waals surface area contributed by atoms with Crippen LogP contribution < -0.4 is 15.5 Å². The maximum Gasteiger partial charge on any atom is 0.258 e. The van der Waals surface area contributed by atoms with E-state index in [-0.39, 0.29) is 36.0 Å². The zero-order valence-corrected chi connectivity index (χ0v) is 17.9. The zero-order chi connectivity index (χ0) is 23.0. The van der Waals surface area contributed by atoms with Gasteiger partial charge in [0.05, 0.1) is 24.1 Å². The van der Waals surface area contributed by atoms with E-state index in [0.717, 1.165) is 11.6 Å². The lowest BCUT2D eigenvalue weighted by atomic mass is 10.1. The molecule has 2 N–H and O–H groups in total. The predicted octanol–water partition coefficient (Wildman–Crippen LogP) is 3.87. The number of nitrogens with one attached hydrogen (secondary N) is 2. The van der Waals surface area contributed by atoms with Crippen LogP contribution in [-0.2, 0) is 24.9 Å². The highest BCUT2D eigenvalue weighted by Gasteiger charge is 2.27. The monoisotopic (exact) mass is 439 g/mol. The predicted molar refractivity (Wildman–Crippen MR) is 116 cm³/mol. The number of aryl methyl sites for hydroxylation is 1. The first-order valence-electron chi connectivity index (χ1n) is 10.2. The minimum atomic E-state index is -0.589. The molecule has 0 saturated carbocycles. The van der Waals surface area contributed by atoms with Gasteiger partial charge in [-0.3, -0.25) is 14.3 Å². The Bertz CT molecular complexity index is 1210. The van der Waals surface area contributed by atoms with Crippen molar-refractivity contribution in [2.24, 2.45) is 13.0 Å². The summed E-state index contributed by atoms with van der Waals surface area (Å²) >= 11 is 0. The van der Waals surface area contributed by atoms with Gasteiger partial charge in [0.1, 0.15) is 17.5 Å². The molecule has 0 aliphatic carbocycles. The van der Waals surface area contributed by atoms with Gasteiger partial charge in [0.15, 0.2) is 0 Å². The molecule has 32 heavy (non-hydrogen) atoms. The van der Waals surface area contributed by atoms with E-state index in [2.05, 4.69) is 15.7 Å². The fraction of sp³-hybridized carbons (Fsp3) is 0.261. The van der Waals surface area contributed by atoms with E-state index in [1.165, 1.54) is 35.2 Å². The number of hydrogen-bond acceptors (Lipinski definition) is 4. The van der Waals surface area contributed by atoms with Gasteiger partial charge in [-0.1, -0.05) is 19.9 Å². The molecule has 4 rings (SSSR count). The summed E-state index contributed by atoms with van der Waals surface area (Å²) in [7, 11) is 1.74. The summed E-state index contributed by atoms with van der Waals surface area (Å²) in [5.74, 6) is -1.22. The molecule has 0 spiro atoms. The summed E-state index contributed by atoms with van der Waals surface area (Å²) in [6, 6.07) is 8.26. The summed E-state index contributed by atoms with van der Waals surface area (Å²) in [6.07, 6.45) is 1.63. The van der Waals surface area contributed by atoms with Crippen molar-refractivity contribution in [3.8, 4) is 0 Å². The quantitative estimate of drug-likeness (QED) is 0.647. The minimum Gasteiger partial charge on any atom is -0.352 e. The van der Waals surface area contributed by atoms with Crippen LogP contribution in [0.15, 0.2) is 42.6 Å². The molecule has 2 amide bonds. The Labute approximate surface area is 184 Å². The highest BCUT2D eigenvalue weighted by Crippen LogP contribution is 2.36. The molecule has 0 fully saturated rings. The number of halogens is 2. The third kappa shape index (κ3) is 4.05. The lowest BCUT2D eigenvalue weighted by Crippen LogP contribution is -2.30. The van der Waals surface area contributed by atoms with Crippen LogP contribution in [0, 0.1) is 17.6 Å². The molecule has 3 aromatic rings. The van der Waals surface area contributed by atoms with Crippen LogP contribution in [0.2, 0.25) is 0 Å². The molecule has 2 aromatic carbocycles. The number of carbonyl (C=O) groups excluding carboxylic acids is 2. The van der Waals surface area contributed by atoms with Gasteiger partial charge >= 0.3 is 0 Å². The largest absolute Gasteiger partial charge is 0.352 e. The average molecular weight is 439 g/mol. The SMILES string of the molecule is CC(C)C(=O)NCc1ccc(C(=O)N2Cc3cnn(C)c3Nc3cc(F)ccc32)cc1F. The lowest BCUT2D eigenvalue weighted by Gasteiger charge is -2.23. The van der Waals surface area contributed by atoms with Crippen LogP contribution in [0.1, 0.15) is 35.3 Å². The first-order valence-corrected chi connectivity index (χ1v) is 10.2. The van der Waals surface area contributed by atoms with Crippen molar-refractivity contribution >= 4 is 29.0 Å². The maximum absolute atomic E-state index is 14.7. The molecule has 0 saturated heterocycles. The van der Waals surface area contributed by atoms with Crippen LogP contribution in [-0.4, -0.2) is 21.6 Å². The first kappa shape index (κ1) is 21.5. The molecule has 1 aliphatic rings. The van der Waals surface area contributed by atoms with Crippen LogP contribution in [0.5, 0.6) is 0 Å². The topological polar surface area (TPSA) is 79.3 Å². The Morgan fingerprint density at radius 3 is 2.69 bits per heavy atom. The number of rotatable bonds is 4. The van der Waals surface area contributed by atoms with E-state index in [1.54, 1.807) is 31.8 Å². The zero-order valence-electron chi connectivity index (χ0n) is 17.9. The molecule has 166 valence electrons. The summed E-state index contributed by atoms with van der Waals surface area (Å²) < 4.78 is 30.2. The molecule has 0 radical (unpaired) electrons. The fourth-order valence-corrected chi connectivity index (χ4v) is 3.53. The van der Waals surface area contributed by atoms with Crippen LogP contribution in [0.25, 0.3) is 0 Å². The van der Waals surface area contributed by atoms with Gasteiger partial charge in [-0.05, 0) is 30.3 Å². The minimum absolute atomic E-state index is 0.0338. The number of benzene rings is 2. The molecule has 9 heteroatoms. The third-order valence-electron chi connectivity index (χ3n) is 5.37. The van der Waals surface area contributed by atoms with Crippen molar-refractivity contribution in [1.82, 2.24) is 15.1 Å². The normalized spacial score (nSPS) is 12.6. The van der Waals surface area contributed by atoms with Crippen LogP contribution in [0.4, 0.5) is 26.0 Å². The molecule has 2 heterocycles. The summed E-state index contributed by atoms with van der Waals surface area (Å²) in [6.45, 7) is 3.72. The number of nitrogens with zero attached hydrogens (tertiary/aromatic N) is 3. The van der Waals surface area contributed by atoms with Crippen molar-refractivity contribution in [2.75, 3.05) is 10.2 Å². The Morgan fingerprint density at radius 2 is 1.97 bits per heavy atom. The Hall–Kier alpha value is -3.75. The number of aromatic nitrogens is 2. The molecule has 7 nitrogen and oxygen atoms in total. The molecule has 0 unspecified atom stereocenters. The van der Waals surface area contributed by atoms with Crippen LogP contribution in [0.3, 0.4) is 0 Å². The third-order valence-corrected chi connectivity index (χ3v) is 5.37. The Morgan fingerprint density at radius 1 is 1.19 bits per heavy atom. The Kier molecular flexibility index (Phi) is 5.65. The molecule has 0 atom stereocenters. The molecule has 1 aromatic heterocycles. The van der Waals surface area contributed by atoms with Gasteiger partial charge in [-0.2, -0.15) is 5.10 Å².